The van der Waals surface area contributed by atoms with E-state index in [9.17, 15) is 0 Å². The van der Waals surface area contributed by atoms with Crippen LogP contribution in [-0.2, 0) is 0 Å². The molecular formula is C11H17N3. The molecule has 1 fully saturated rings. The summed E-state index contributed by atoms with van der Waals surface area (Å²) in [7, 11) is 0. The Morgan fingerprint density at radius 2 is 2.07 bits per heavy atom. The summed E-state index contributed by atoms with van der Waals surface area (Å²) in [4.78, 5) is 10.7. The van der Waals surface area contributed by atoms with Gasteiger partial charge in [0.1, 0.15) is 6.33 Å². The second kappa shape index (κ2) is 3.31. The van der Waals surface area contributed by atoms with Crippen molar-refractivity contribution in [1.29, 1.82) is 0 Å². The average molecular weight is 191 g/mol. The molecule has 0 saturated carbocycles. The number of rotatable bonds is 1. The first kappa shape index (κ1) is 9.59. The lowest BCUT2D eigenvalue weighted by Gasteiger charge is -2.47. The van der Waals surface area contributed by atoms with Crippen molar-refractivity contribution in [2.45, 2.75) is 32.2 Å². The topological polar surface area (TPSA) is 29.0 Å². The predicted octanol–water partition coefficient (Wildman–Crippen LogP) is 1.67. The van der Waals surface area contributed by atoms with E-state index in [2.05, 4.69) is 35.6 Å². The highest BCUT2D eigenvalue weighted by Crippen LogP contribution is 2.30. The Bertz CT molecular complexity index is 296. The second-order valence-electron chi connectivity index (χ2n) is 4.91. The molecule has 0 spiro atoms. The number of hydrogen-bond donors (Lipinski definition) is 0. The van der Waals surface area contributed by atoms with Gasteiger partial charge in [0, 0.05) is 36.4 Å². The maximum Gasteiger partial charge on any atom is 0.115 e. The molecule has 1 aliphatic heterocycles. The zero-order chi connectivity index (χ0) is 10.2. The Balaban J connectivity index is 1.96. The maximum atomic E-state index is 4.28. The summed E-state index contributed by atoms with van der Waals surface area (Å²) in [5.74, 6) is 0.609. The first-order valence-electron chi connectivity index (χ1n) is 5.08. The van der Waals surface area contributed by atoms with Crippen LogP contribution in [0.5, 0.6) is 0 Å². The van der Waals surface area contributed by atoms with Gasteiger partial charge in [-0.15, -0.1) is 0 Å². The molecule has 0 aromatic carbocycles. The molecule has 0 amide bonds. The van der Waals surface area contributed by atoms with Crippen molar-refractivity contribution < 1.29 is 0 Å². The normalized spacial score (nSPS) is 19.4. The van der Waals surface area contributed by atoms with Crippen LogP contribution in [0, 0.1) is 0 Å². The highest BCUT2D eigenvalue weighted by molar-refractivity contribution is 5.12. The fourth-order valence-electron chi connectivity index (χ4n) is 1.76. The summed E-state index contributed by atoms with van der Waals surface area (Å²) < 4.78 is 0. The van der Waals surface area contributed by atoms with Gasteiger partial charge < -0.3 is 0 Å². The molecule has 3 heteroatoms. The van der Waals surface area contributed by atoms with Crippen molar-refractivity contribution in [3.63, 3.8) is 0 Å². The highest BCUT2D eigenvalue weighted by atomic mass is 15.2. The molecule has 0 unspecified atom stereocenters. The Morgan fingerprint density at radius 1 is 1.36 bits per heavy atom. The highest BCUT2D eigenvalue weighted by Gasteiger charge is 2.35. The minimum Gasteiger partial charge on any atom is -0.297 e. The molecular weight excluding hydrogens is 174 g/mol. The minimum atomic E-state index is 0.295. The smallest absolute Gasteiger partial charge is 0.115 e. The fourth-order valence-corrected chi connectivity index (χ4v) is 1.76. The van der Waals surface area contributed by atoms with Crippen LogP contribution in [0.3, 0.4) is 0 Å². The molecule has 76 valence electrons. The molecule has 2 rings (SSSR count). The van der Waals surface area contributed by atoms with Crippen LogP contribution in [0.2, 0.25) is 0 Å². The van der Waals surface area contributed by atoms with Crippen molar-refractivity contribution in [2.75, 3.05) is 13.1 Å². The van der Waals surface area contributed by atoms with Crippen LogP contribution >= 0.6 is 0 Å². The molecule has 0 atom stereocenters. The molecule has 0 N–H and O–H groups in total. The Kier molecular flexibility index (Phi) is 2.27. The predicted molar refractivity (Wildman–Crippen MR) is 56.1 cm³/mol. The van der Waals surface area contributed by atoms with Gasteiger partial charge in [-0.05, 0) is 26.8 Å². The Labute approximate surface area is 85.2 Å². The lowest BCUT2D eigenvalue weighted by atomic mass is 9.90. The quantitative estimate of drug-likeness (QED) is 0.676. The van der Waals surface area contributed by atoms with Crippen LogP contribution in [0.25, 0.3) is 0 Å². The maximum absolute atomic E-state index is 4.28. The minimum absolute atomic E-state index is 0.295. The number of hydrogen-bond acceptors (Lipinski definition) is 3. The summed E-state index contributed by atoms with van der Waals surface area (Å²) in [6.45, 7) is 9.01. The summed E-state index contributed by atoms with van der Waals surface area (Å²) in [6.07, 6.45) is 3.46. The van der Waals surface area contributed by atoms with E-state index >= 15 is 0 Å². The zero-order valence-corrected chi connectivity index (χ0v) is 9.07. The van der Waals surface area contributed by atoms with Gasteiger partial charge in [0.2, 0.25) is 0 Å². The van der Waals surface area contributed by atoms with Gasteiger partial charge >= 0.3 is 0 Å². The first-order valence-corrected chi connectivity index (χ1v) is 5.08. The van der Waals surface area contributed by atoms with Crippen molar-refractivity contribution in [3.05, 3.63) is 24.3 Å². The average Bonchev–Trinajstić information content (AvgIpc) is 2.00. The molecule has 0 bridgehead atoms. The first-order chi connectivity index (χ1) is 6.57. The van der Waals surface area contributed by atoms with Gasteiger partial charge in [0.25, 0.3) is 0 Å². The van der Waals surface area contributed by atoms with Crippen molar-refractivity contribution in [1.82, 2.24) is 14.9 Å². The van der Waals surface area contributed by atoms with E-state index in [1.54, 1.807) is 6.33 Å². The Morgan fingerprint density at radius 3 is 2.57 bits per heavy atom. The molecule has 1 aromatic rings. The summed E-state index contributed by atoms with van der Waals surface area (Å²) in [6, 6.07) is 2.02. The van der Waals surface area contributed by atoms with E-state index < -0.39 is 0 Å². The number of aromatic nitrogens is 2. The van der Waals surface area contributed by atoms with E-state index in [-0.39, 0.29) is 0 Å². The largest absolute Gasteiger partial charge is 0.297 e. The zero-order valence-electron chi connectivity index (χ0n) is 9.07. The van der Waals surface area contributed by atoms with Gasteiger partial charge in [0.05, 0.1) is 0 Å². The van der Waals surface area contributed by atoms with Crippen LogP contribution in [0.1, 0.15) is 32.4 Å². The van der Waals surface area contributed by atoms with Gasteiger partial charge in [0.15, 0.2) is 0 Å². The van der Waals surface area contributed by atoms with Gasteiger partial charge in [-0.3, -0.25) is 4.90 Å². The fraction of sp³-hybridized carbons (Fsp3) is 0.636. The number of likely N-dealkylation sites (tertiary alicyclic amines) is 1. The molecule has 1 aromatic heterocycles. The van der Waals surface area contributed by atoms with Crippen LogP contribution in [-0.4, -0.2) is 33.5 Å². The van der Waals surface area contributed by atoms with E-state index in [1.165, 1.54) is 5.69 Å². The molecule has 0 radical (unpaired) electrons. The Hall–Kier alpha value is -0.960. The monoisotopic (exact) mass is 191 g/mol. The molecule has 0 aliphatic carbocycles. The van der Waals surface area contributed by atoms with Crippen molar-refractivity contribution in [3.8, 4) is 0 Å². The molecule has 3 nitrogen and oxygen atoms in total. The van der Waals surface area contributed by atoms with E-state index in [0.29, 0.717) is 11.5 Å². The lowest BCUT2D eigenvalue weighted by Crippen LogP contribution is -2.54. The van der Waals surface area contributed by atoms with Crippen LogP contribution < -0.4 is 0 Å². The number of nitrogens with zero attached hydrogens (tertiary/aromatic N) is 3. The van der Waals surface area contributed by atoms with E-state index in [4.69, 9.17) is 0 Å². The van der Waals surface area contributed by atoms with Crippen molar-refractivity contribution in [2.24, 2.45) is 0 Å². The SMILES string of the molecule is CC(C)(C)N1CC(c2ccncn2)C1. The standard InChI is InChI=1S/C11H17N3/c1-11(2,3)14-6-9(7-14)10-4-5-12-8-13-10/h4-5,8-9H,6-7H2,1-3H3. The van der Waals surface area contributed by atoms with Gasteiger partial charge in [-0.2, -0.15) is 0 Å². The van der Waals surface area contributed by atoms with E-state index in [0.717, 1.165) is 13.1 Å². The van der Waals surface area contributed by atoms with Gasteiger partial charge in [-0.1, -0.05) is 0 Å². The summed E-state index contributed by atoms with van der Waals surface area (Å²) >= 11 is 0. The summed E-state index contributed by atoms with van der Waals surface area (Å²) in [5.41, 5.74) is 1.48. The lowest BCUT2D eigenvalue weighted by molar-refractivity contribution is 0.0456. The third-order valence-electron chi connectivity index (χ3n) is 2.85. The van der Waals surface area contributed by atoms with Crippen LogP contribution in [0.15, 0.2) is 18.6 Å². The third-order valence-corrected chi connectivity index (χ3v) is 2.85. The second-order valence-corrected chi connectivity index (χ2v) is 4.91. The third kappa shape index (κ3) is 1.77. The van der Waals surface area contributed by atoms with Gasteiger partial charge in [-0.25, -0.2) is 9.97 Å². The van der Waals surface area contributed by atoms with Crippen molar-refractivity contribution >= 4 is 0 Å². The van der Waals surface area contributed by atoms with Crippen LogP contribution in [0.4, 0.5) is 0 Å². The molecule has 2 heterocycles. The molecule has 1 saturated heterocycles. The molecule has 14 heavy (non-hydrogen) atoms. The van der Waals surface area contributed by atoms with E-state index in [1.807, 2.05) is 12.3 Å². The molecule has 1 aliphatic rings. The summed E-state index contributed by atoms with van der Waals surface area (Å²) in [5, 5.41) is 0.